The number of benzene rings is 1. The summed E-state index contributed by atoms with van der Waals surface area (Å²) in [4.78, 5) is 1.31. The summed E-state index contributed by atoms with van der Waals surface area (Å²) >= 11 is 1.78. The molecule has 0 aromatic heterocycles. The SMILES string of the molecule is CCCC(C)c1ccccc1SC1(C#N)CC1. The predicted molar refractivity (Wildman–Crippen MR) is 73.2 cm³/mol. The van der Waals surface area contributed by atoms with Crippen LogP contribution in [-0.2, 0) is 0 Å². The van der Waals surface area contributed by atoms with Gasteiger partial charge in [0.25, 0.3) is 0 Å². The highest BCUT2D eigenvalue weighted by atomic mass is 32.2. The molecule has 0 amide bonds. The third kappa shape index (κ3) is 2.84. The lowest BCUT2D eigenvalue weighted by atomic mass is 9.97. The molecule has 1 atom stereocenters. The fourth-order valence-electron chi connectivity index (χ4n) is 2.13. The molecule has 1 aromatic carbocycles. The van der Waals surface area contributed by atoms with Crippen molar-refractivity contribution >= 4 is 11.8 Å². The Morgan fingerprint density at radius 3 is 2.71 bits per heavy atom. The van der Waals surface area contributed by atoms with Crippen LogP contribution in [0.4, 0.5) is 0 Å². The van der Waals surface area contributed by atoms with Crippen molar-refractivity contribution in [3.8, 4) is 6.07 Å². The highest BCUT2D eigenvalue weighted by molar-refractivity contribution is 8.01. The van der Waals surface area contributed by atoms with Gasteiger partial charge in [-0.3, -0.25) is 0 Å². The summed E-state index contributed by atoms with van der Waals surface area (Å²) in [6.45, 7) is 4.51. The van der Waals surface area contributed by atoms with E-state index in [-0.39, 0.29) is 4.75 Å². The molecule has 2 rings (SSSR count). The molecule has 0 aliphatic heterocycles. The predicted octanol–water partition coefficient (Wildman–Crippen LogP) is 4.74. The Labute approximate surface area is 108 Å². The molecule has 1 unspecified atom stereocenters. The van der Waals surface area contributed by atoms with Gasteiger partial charge >= 0.3 is 0 Å². The molecule has 1 aliphatic rings. The number of nitriles is 1. The van der Waals surface area contributed by atoms with Gasteiger partial charge in [0.2, 0.25) is 0 Å². The molecule has 1 nitrogen and oxygen atoms in total. The molecule has 1 aliphatic carbocycles. The summed E-state index contributed by atoms with van der Waals surface area (Å²) < 4.78 is -0.109. The first-order valence-electron chi connectivity index (χ1n) is 6.40. The molecule has 90 valence electrons. The van der Waals surface area contributed by atoms with E-state index >= 15 is 0 Å². The normalized spacial score (nSPS) is 18.4. The van der Waals surface area contributed by atoms with Crippen LogP contribution in [-0.4, -0.2) is 4.75 Å². The highest BCUT2D eigenvalue weighted by Gasteiger charge is 2.44. The third-order valence-corrected chi connectivity index (χ3v) is 4.87. The van der Waals surface area contributed by atoms with Crippen molar-refractivity contribution in [2.75, 3.05) is 0 Å². The quantitative estimate of drug-likeness (QED) is 0.748. The van der Waals surface area contributed by atoms with Gasteiger partial charge in [-0.2, -0.15) is 5.26 Å². The van der Waals surface area contributed by atoms with Gasteiger partial charge in [0.05, 0.1) is 6.07 Å². The topological polar surface area (TPSA) is 23.8 Å². The van der Waals surface area contributed by atoms with Gasteiger partial charge in [-0.05, 0) is 36.8 Å². The molecular formula is C15H19NS. The molecule has 17 heavy (non-hydrogen) atoms. The van der Waals surface area contributed by atoms with Crippen molar-refractivity contribution in [2.24, 2.45) is 0 Å². The summed E-state index contributed by atoms with van der Waals surface area (Å²) in [6.07, 6.45) is 4.52. The second-order valence-electron chi connectivity index (χ2n) is 4.94. The Kier molecular flexibility index (Phi) is 3.79. The zero-order valence-electron chi connectivity index (χ0n) is 10.6. The molecular weight excluding hydrogens is 226 g/mol. The second-order valence-corrected chi connectivity index (χ2v) is 6.36. The van der Waals surface area contributed by atoms with Crippen molar-refractivity contribution in [1.82, 2.24) is 0 Å². The van der Waals surface area contributed by atoms with Crippen molar-refractivity contribution in [3.05, 3.63) is 29.8 Å². The Balaban J connectivity index is 2.19. The van der Waals surface area contributed by atoms with E-state index in [0.717, 1.165) is 12.8 Å². The summed E-state index contributed by atoms with van der Waals surface area (Å²) in [5.41, 5.74) is 1.42. The van der Waals surface area contributed by atoms with Crippen LogP contribution in [0.1, 0.15) is 51.0 Å². The molecule has 1 fully saturated rings. The average molecular weight is 245 g/mol. The Hall–Kier alpha value is -0.940. The van der Waals surface area contributed by atoms with Gasteiger partial charge in [0.1, 0.15) is 4.75 Å². The molecule has 0 spiro atoms. The number of nitrogens with zero attached hydrogens (tertiary/aromatic N) is 1. The van der Waals surface area contributed by atoms with Gasteiger partial charge in [-0.1, -0.05) is 38.5 Å². The lowest BCUT2D eigenvalue weighted by molar-refractivity contribution is 0.655. The van der Waals surface area contributed by atoms with Crippen LogP contribution >= 0.6 is 11.8 Å². The van der Waals surface area contributed by atoms with Crippen molar-refractivity contribution in [1.29, 1.82) is 5.26 Å². The maximum atomic E-state index is 9.18. The van der Waals surface area contributed by atoms with E-state index in [4.69, 9.17) is 0 Å². The first kappa shape index (κ1) is 12.5. The second kappa shape index (κ2) is 5.14. The molecule has 0 heterocycles. The molecule has 0 bridgehead atoms. The van der Waals surface area contributed by atoms with Crippen LogP contribution in [0.3, 0.4) is 0 Å². The van der Waals surface area contributed by atoms with Crippen molar-refractivity contribution < 1.29 is 0 Å². The van der Waals surface area contributed by atoms with Crippen molar-refractivity contribution in [3.63, 3.8) is 0 Å². The van der Waals surface area contributed by atoms with Gasteiger partial charge in [-0.15, -0.1) is 11.8 Å². The Bertz CT molecular complexity index is 429. The minimum absolute atomic E-state index is 0.109. The van der Waals surface area contributed by atoms with Gasteiger partial charge in [-0.25, -0.2) is 0 Å². The molecule has 1 saturated carbocycles. The third-order valence-electron chi connectivity index (χ3n) is 3.38. The Morgan fingerprint density at radius 2 is 2.12 bits per heavy atom. The van der Waals surface area contributed by atoms with E-state index in [1.807, 2.05) is 0 Å². The van der Waals surface area contributed by atoms with Gasteiger partial charge in [0.15, 0.2) is 0 Å². The smallest absolute Gasteiger partial charge is 0.107 e. The van der Waals surface area contributed by atoms with Crippen LogP contribution < -0.4 is 0 Å². The number of hydrogen-bond acceptors (Lipinski definition) is 2. The number of thioether (sulfide) groups is 1. The Morgan fingerprint density at radius 1 is 1.41 bits per heavy atom. The van der Waals surface area contributed by atoms with Crippen LogP contribution in [0, 0.1) is 11.3 Å². The van der Waals surface area contributed by atoms with Crippen molar-refractivity contribution in [2.45, 2.75) is 55.1 Å². The fourth-order valence-corrected chi connectivity index (χ4v) is 3.44. The zero-order chi connectivity index (χ0) is 12.3. The van der Waals surface area contributed by atoms with E-state index in [9.17, 15) is 5.26 Å². The number of rotatable bonds is 5. The van der Waals surface area contributed by atoms with E-state index in [1.165, 1.54) is 23.3 Å². The fraction of sp³-hybridized carbons (Fsp3) is 0.533. The summed E-state index contributed by atoms with van der Waals surface area (Å²) in [5, 5.41) is 9.18. The van der Waals surface area contributed by atoms with Gasteiger partial charge < -0.3 is 0 Å². The van der Waals surface area contributed by atoms with E-state index in [1.54, 1.807) is 11.8 Å². The summed E-state index contributed by atoms with van der Waals surface area (Å²) in [6, 6.07) is 11.0. The maximum Gasteiger partial charge on any atom is 0.107 e. The lowest BCUT2D eigenvalue weighted by Crippen LogP contribution is -2.01. The first-order chi connectivity index (χ1) is 8.21. The monoisotopic (exact) mass is 245 g/mol. The molecule has 1 aromatic rings. The highest BCUT2D eigenvalue weighted by Crippen LogP contribution is 2.52. The molecule has 2 heteroatoms. The standard InChI is InChI=1S/C15H19NS/c1-3-6-12(2)13-7-4-5-8-14(13)17-15(11-16)9-10-15/h4-5,7-8,12H,3,6,9-10H2,1-2H3. The number of hydrogen-bond donors (Lipinski definition) is 0. The minimum Gasteiger partial charge on any atom is -0.197 e. The van der Waals surface area contributed by atoms with Gasteiger partial charge in [0, 0.05) is 4.90 Å². The van der Waals surface area contributed by atoms with Crippen LogP contribution in [0.2, 0.25) is 0 Å². The van der Waals surface area contributed by atoms with Crippen LogP contribution in [0.25, 0.3) is 0 Å². The zero-order valence-corrected chi connectivity index (χ0v) is 11.4. The molecule has 0 radical (unpaired) electrons. The van der Waals surface area contributed by atoms with Crippen LogP contribution in [0.15, 0.2) is 29.2 Å². The van der Waals surface area contributed by atoms with E-state index in [0.29, 0.717) is 5.92 Å². The minimum atomic E-state index is -0.109. The lowest BCUT2D eigenvalue weighted by Gasteiger charge is -2.16. The molecule has 0 N–H and O–H groups in total. The maximum absolute atomic E-state index is 9.18. The molecule has 0 saturated heterocycles. The largest absolute Gasteiger partial charge is 0.197 e. The summed E-state index contributed by atoms with van der Waals surface area (Å²) in [5.74, 6) is 0.596. The van der Waals surface area contributed by atoms with E-state index in [2.05, 4.69) is 44.2 Å². The summed E-state index contributed by atoms with van der Waals surface area (Å²) in [7, 11) is 0. The van der Waals surface area contributed by atoms with Crippen LogP contribution in [0.5, 0.6) is 0 Å². The first-order valence-corrected chi connectivity index (χ1v) is 7.21. The van der Waals surface area contributed by atoms with E-state index < -0.39 is 0 Å². The average Bonchev–Trinajstić information content (AvgIpc) is 3.10.